The van der Waals surface area contributed by atoms with E-state index in [1.165, 1.54) is 6.20 Å². The molecule has 2 heterocycles. The van der Waals surface area contributed by atoms with E-state index in [0.29, 0.717) is 30.2 Å². The summed E-state index contributed by atoms with van der Waals surface area (Å²) < 4.78 is 4.99. The first-order valence-corrected chi connectivity index (χ1v) is 7.44. The third-order valence-corrected chi connectivity index (χ3v) is 3.69. The van der Waals surface area contributed by atoms with Crippen LogP contribution in [0, 0.1) is 6.92 Å². The van der Waals surface area contributed by atoms with Crippen molar-refractivity contribution in [3.8, 4) is 0 Å². The van der Waals surface area contributed by atoms with Gasteiger partial charge in [0.05, 0.1) is 41.3 Å². The number of nitrogens with two attached hydrogens (primary N) is 1. The van der Waals surface area contributed by atoms with Crippen molar-refractivity contribution < 1.29 is 9.53 Å². The molecule has 0 radical (unpaired) electrons. The molecule has 0 amide bonds. The molecule has 2 aromatic rings. The van der Waals surface area contributed by atoms with Crippen LogP contribution in [0.2, 0.25) is 0 Å². The molecule has 6 nitrogen and oxygen atoms in total. The summed E-state index contributed by atoms with van der Waals surface area (Å²) in [6.45, 7) is 4.65. The van der Waals surface area contributed by atoms with Crippen LogP contribution < -0.4 is 10.6 Å². The molecule has 2 rings (SSSR count). The van der Waals surface area contributed by atoms with Crippen LogP contribution in [0.1, 0.15) is 28.0 Å². The number of aryl methyl sites for hydroxylation is 1. The minimum absolute atomic E-state index is 0.309. The van der Waals surface area contributed by atoms with Crippen LogP contribution in [0.15, 0.2) is 17.6 Å². The second-order valence-electron chi connectivity index (χ2n) is 4.56. The van der Waals surface area contributed by atoms with Crippen LogP contribution >= 0.6 is 11.3 Å². The predicted octanol–water partition coefficient (Wildman–Crippen LogP) is 2.24. The molecule has 0 bridgehead atoms. The lowest BCUT2D eigenvalue weighted by atomic mass is 10.2. The lowest BCUT2D eigenvalue weighted by Crippen LogP contribution is -2.19. The molecule has 0 saturated heterocycles. The van der Waals surface area contributed by atoms with Gasteiger partial charge >= 0.3 is 5.97 Å². The van der Waals surface area contributed by atoms with Crippen molar-refractivity contribution in [2.24, 2.45) is 0 Å². The van der Waals surface area contributed by atoms with Gasteiger partial charge in [-0.25, -0.2) is 14.8 Å². The van der Waals surface area contributed by atoms with Crippen LogP contribution in [-0.4, -0.2) is 29.6 Å². The Kier molecular flexibility index (Phi) is 4.74. The first-order valence-electron chi connectivity index (χ1n) is 6.56. The Balaban J connectivity index is 2.19. The van der Waals surface area contributed by atoms with Gasteiger partial charge in [0.15, 0.2) is 0 Å². The van der Waals surface area contributed by atoms with Gasteiger partial charge in [-0.1, -0.05) is 0 Å². The topological polar surface area (TPSA) is 81.3 Å². The van der Waals surface area contributed by atoms with Crippen molar-refractivity contribution >= 4 is 28.8 Å². The summed E-state index contributed by atoms with van der Waals surface area (Å²) in [4.78, 5) is 22.4. The summed E-state index contributed by atoms with van der Waals surface area (Å²) in [5, 5.41) is 3.03. The van der Waals surface area contributed by atoms with E-state index in [9.17, 15) is 4.79 Å². The van der Waals surface area contributed by atoms with Crippen LogP contribution in [0.25, 0.3) is 0 Å². The van der Waals surface area contributed by atoms with E-state index < -0.39 is 5.97 Å². The molecule has 0 aliphatic heterocycles. The highest BCUT2D eigenvalue weighted by Crippen LogP contribution is 2.20. The number of aromatic nitrogens is 2. The molecule has 0 aliphatic carbocycles. The summed E-state index contributed by atoms with van der Waals surface area (Å²) in [6, 6.07) is 1.65. The van der Waals surface area contributed by atoms with Gasteiger partial charge in [0.1, 0.15) is 5.82 Å². The third kappa shape index (κ3) is 3.69. The van der Waals surface area contributed by atoms with Crippen molar-refractivity contribution in [3.05, 3.63) is 33.9 Å². The summed E-state index contributed by atoms with van der Waals surface area (Å²) >= 11 is 1.61. The zero-order valence-electron chi connectivity index (χ0n) is 12.3. The number of hydrogen-bond acceptors (Lipinski definition) is 7. The van der Waals surface area contributed by atoms with E-state index in [1.54, 1.807) is 24.3 Å². The summed E-state index contributed by atoms with van der Waals surface area (Å²) in [5.74, 6) is 0.217. The normalized spacial score (nSPS) is 10.4. The van der Waals surface area contributed by atoms with E-state index in [4.69, 9.17) is 10.5 Å². The van der Waals surface area contributed by atoms with Crippen molar-refractivity contribution in [2.75, 3.05) is 24.3 Å². The number of hydrogen-bond donors (Lipinski definition) is 1. The zero-order valence-corrected chi connectivity index (χ0v) is 13.1. The number of pyridine rings is 1. The van der Waals surface area contributed by atoms with Gasteiger partial charge in [-0.3, -0.25) is 0 Å². The highest BCUT2D eigenvalue weighted by atomic mass is 32.1. The van der Waals surface area contributed by atoms with Crippen molar-refractivity contribution in [1.82, 2.24) is 9.97 Å². The maximum Gasteiger partial charge on any atom is 0.340 e. The van der Waals surface area contributed by atoms with Crippen LogP contribution in [0.3, 0.4) is 0 Å². The van der Waals surface area contributed by atoms with E-state index in [-0.39, 0.29) is 0 Å². The third-order valence-electron chi connectivity index (χ3n) is 2.87. The Morgan fingerprint density at radius 3 is 2.90 bits per heavy atom. The molecule has 0 aromatic carbocycles. The number of thiazole rings is 1. The Hall–Kier alpha value is -2.15. The number of rotatable bonds is 5. The van der Waals surface area contributed by atoms with Crippen molar-refractivity contribution in [1.29, 1.82) is 0 Å². The van der Waals surface area contributed by atoms with Crippen molar-refractivity contribution in [3.63, 3.8) is 0 Å². The highest BCUT2D eigenvalue weighted by molar-refractivity contribution is 7.09. The zero-order chi connectivity index (χ0) is 15.4. The largest absolute Gasteiger partial charge is 0.462 e. The standard InChI is InChI=1S/C14H18N4O2S/c1-4-20-14(19)11-5-13(16-6-12(11)15)18(3)7-10-8-21-9(2)17-10/h5-6,8H,4,7,15H2,1-3H3. The maximum absolute atomic E-state index is 11.8. The summed E-state index contributed by atoms with van der Waals surface area (Å²) in [6.07, 6.45) is 1.48. The minimum atomic E-state index is -0.434. The first-order chi connectivity index (χ1) is 10.0. The van der Waals surface area contributed by atoms with Gasteiger partial charge in [-0.05, 0) is 19.9 Å². The number of anilines is 2. The quantitative estimate of drug-likeness (QED) is 0.853. The Labute approximate surface area is 127 Å². The lowest BCUT2D eigenvalue weighted by Gasteiger charge is -2.18. The minimum Gasteiger partial charge on any atom is -0.462 e. The fraction of sp³-hybridized carbons (Fsp3) is 0.357. The Morgan fingerprint density at radius 2 is 2.29 bits per heavy atom. The number of esters is 1. The Morgan fingerprint density at radius 1 is 1.52 bits per heavy atom. The number of carbonyl (C=O) groups is 1. The van der Waals surface area contributed by atoms with E-state index >= 15 is 0 Å². The Bertz CT molecular complexity index is 642. The molecule has 0 saturated carbocycles. The second-order valence-corrected chi connectivity index (χ2v) is 5.63. The van der Waals surface area contributed by atoms with Crippen LogP contribution in [-0.2, 0) is 11.3 Å². The number of nitrogens with zero attached hydrogens (tertiary/aromatic N) is 3. The predicted molar refractivity (Wildman–Crippen MR) is 83.6 cm³/mol. The summed E-state index contributed by atoms with van der Waals surface area (Å²) in [7, 11) is 1.89. The molecule has 2 N–H and O–H groups in total. The molecular formula is C14H18N4O2S. The molecule has 112 valence electrons. The van der Waals surface area contributed by atoms with Gasteiger partial charge in [0, 0.05) is 12.4 Å². The van der Waals surface area contributed by atoms with Gasteiger partial charge in [0.25, 0.3) is 0 Å². The van der Waals surface area contributed by atoms with E-state index in [0.717, 1.165) is 10.7 Å². The molecule has 0 aliphatic rings. The highest BCUT2D eigenvalue weighted by Gasteiger charge is 2.14. The second kappa shape index (κ2) is 6.53. The fourth-order valence-corrected chi connectivity index (χ4v) is 2.46. The molecule has 0 atom stereocenters. The molecule has 21 heavy (non-hydrogen) atoms. The fourth-order valence-electron chi connectivity index (χ4n) is 1.85. The molecule has 7 heteroatoms. The molecule has 2 aromatic heterocycles. The van der Waals surface area contributed by atoms with Gasteiger partial charge in [-0.2, -0.15) is 0 Å². The summed E-state index contributed by atoms with van der Waals surface area (Å²) in [5.41, 5.74) is 7.40. The SMILES string of the molecule is CCOC(=O)c1cc(N(C)Cc2csc(C)n2)ncc1N. The van der Waals surface area contributed by atoms with Gasteiger partial charge in [0.2, 0.25) is 0 Å². The maximum atomic E-state index is 11.8. The van der Waals surface area contributed by atoms with Crippen molar-refractivity contribution in [2.45, 2.75) is 20.4 Å². The average molecular weight is 306 g/mol. The molecule has 0 fully saturated rings. The van der Waals surface area contributed by atoms with Gasteiger partial charge < -0.3 is 15.4 Å². The first kappa shape index (κ1) is 15.2. The van der Waals surface area contributed by atoms with Crippen LogP contribution in [0.4, 0.5) is 11.5 Å². The number of carbonyl (C=O) groups excluding carboxylic acids is 1. The average Bonchev–Trinajstić information content (AvgIpc) is 2.84. The smallest absolute Gasteiger partial charge is 0.340 e. The molecule has 0 unspecified atom stereocenters. The van der Waals surface area contributed by atoms with Gasteiger partial charge in [-0.15, -0.1) is 11.3 Å². The van der Waals surface area contributed by atoms with E-state index in [2.05, 4.69) is 9.97 Å². The molecular weight excluding hydrogens is 288 g/mol. The molecule has 0 spiro atoms. The number of ether oxygens (including phenoxy) is 1. The lowest BCUT2D eigenvalue weighted by molar-refractivity contribution is 0.0527. The van der Waals surface area contributed by atoms with E-state index in [1.807, 2.05) is 24.3 Å². The van der Waals surface area contributed by atoms with Crippen LogP contribution in [0.5, 0.6) is 0 Å². The monoisotopic (exact) mass is 306 g/mol. The number of nitrogen functional groups attached to an aromatic ring is 1.